The number of nitrogens with zero attached hydrogens (tertiary/aromatic N) is 3. The monoisotopic (exact) mass is 486 g/mol. The lowest BCUT2D eigenvalue weighted by molar-refractivity contribution is 0.0977. The van der Waals surface area contributed by atoms with Crippen LogP contribution in [0.1, 0.15) is 56.3 Å². The van der Waals surface area contributed by atoms with E-state index in [-0.39, 0.29) is 23.2 Å². The predicted octanol–water partition coefficient (Wildman–Crippen LogP) is 3.04. The predicted molar refractivity (Wildman–Crippen MR) is 141 cm³/mol. The van der Waals surface area contributed by atoms with Crippen LogP contribution >= 0.6 is 0 Å². The zero-order valence-corrected chi connectivity index (χ0v) is 21.4. The van der Waals surface area contributed by atoms with Crippen molar-refractivity contribution in [3.63, 3.8) is 0 Å². The van der Waals surface area contributed by atoms with Gasteiger partial charge in [0.15, 0.2) is 5.79 Å². The summed E-state index contributed by atoms with van der Waals surface area (Å²) >= 11 is 0. The quantitative estimate of drug-likeness (QED) is 0.526. The van der Waals surface area contributed by atoms with Crippen LogP contribution in [0, 0.1) is 5.92 Å². The van der Waals surface area contributed by atoms with E-state index < -0.39 is 5.79 Å². The van der Waals surface area contributed by atoms with Crippen molar-refractivity contribution in [3.8, 4) is 0 Å². The van der Waals surface area contributed by atoms with E-state index in [0.29, 0.717) is 23.1 Å². The molecule has 4 bridgehead atoms. The third-order valence-electron chi connectivity index (χ3n) is 6.62. The molecule has 3 heterocycles. The molecule has 3 unspecified atom stereocenters. The highest BCUT2D eigenvalue weighted by atomic mass is 32.2. The van der Waals surface area contributed by atoms with E-state index in [1.807, 2.05) is 44.4 Å². The van der Waals surface area contributed by atoms with Crippen molar-refractivity contribution in [2.75, 3.05) is 43.1 Å². The lowest BCUT2D eigenvalue weighted by Gasteiger charge is -2.35. The summed E-state index contributed by atoms with van der Waals surface area (Å²) in [7, 11) is -0.259. The number of aliphatic imine (C=N–C) groups is 1. The number of allylic oxidation sites excluding steroid dienone is 1. The van der Waals surface area contributed by atoms with E-state index in [1.165, 1.54) is 19.3 Å². The Morgan fingerprint density at radius 2 is 2.12 bits per heavy atom. The van der Waals surface area contributed by atoms with E-state index >= 15 is 0 Å². The molecule has 0 aliphatic carbocycles. The Balaban J connectivity index is 1.72. The highest BCUT2D eigenvalue weighted by Gasteiger charge is 2.29. The minimum Gasteiger partial charge on any atom is -0.395 e. The number of amidine groups is 1. The Kier molecular flexibility index (Phi) is 8.06. The van der Waals surface area contributed by atoms with Gasteiger partial charge in [-0.3, -0.25) is 10.1 Å². The van der Waals surface area contributed by atoms with E-state index in [0.717, 1.165) is 49.5 Å². The van der Waals surface area contributed by atoms with Crippen LogP contribution in [0.15, 0.2) is 39.3 Å². The number of hydrogen-bond donors (Lipinski definition) is 4. The smallest absolute Gasteiger partial charge is 0.258 e. The Bertz CT molecular complexity index is 1010. The summed E-state index contributed by atoms with van der Waals surface area (Å²) in [5, 5.41) is 19.2. The van der Waals surface area contributed by atoms with E-state index in [2.05, 4.69) is 20.9 Å². The van der Waals surface area contributed by atoms with Crippen LogP contribution in [0.3, 0.4) is 0 Å². The average molecular weight is 487 g/mol. The van der Waals surface area contributed by atoms with Crippen molar-refractivity contribution >= 4 is 33.8 Å². The van der Waals surface area contributed by atoms with Gasteiger partial charge < -0.3 is 20.6 Å². The molecule has 1 amide bonds. The molecule has 4 rings (SSSR count). The number of carbonyl (C=O) groups excluding carboxylic acids is 1. The molecule has 4 N–H and O–H groups in total. The molecule has 1 aromatic rings. The van der Waals surface area contributed by atoms with Gasteiger partial charge in [-0.1, -0.05) is 17.1 Å². The first-order valence-electron chi connectivity index (χ1n) is 12.3. The molecule has 3 aliphatic rings. The van der Waals surface area contributed by atoms with E-state index in [9.17, 15) is 9.90 Å². The van der Waals surface area contributed by atoms with Gasteiger partial charge in [-0.25, -0.2) is 9.36 Å². The van der Waals surface area contributed by atoms with E-state index in [1.54, 1.807) is 0 Å². The minimum absolute atomic E-state index is 0.127. The normalized spacial score (nSPS) is 26.8. The van der Waals surface area contributed by atoms with Crippen LogP contribution in [-0.2, 0) is 10.7 Å². The SMILES string of the molecule is CC1=CC2=NC(C)(NCCCCC3CCCN(C3)c3cc(N=S(C)CCO)ccc3C(=O)N2)N1. The maximum Gasteiger partial charge on any atom is 0.258 e. The van der Waals surface area contributed by atoms with Crippen LogP contribution in [0.4, 0.5) is 11.4 Å². The van der Waals surface area contributed by atoms with Crippen molar-refractivity contribution in [2.45, 2.75) is 51.7 Å². The zero-order chi connectivity index (χ0) is 24.1. The van der Waals surface area contributed by atoms with Crippen molar-refractivity contribution in [1.29, 1.82) is 0 Å². The Hall–Kier alpha value is -2.23. The number of amides is 1. The van der Waals surface area contributed by atoms with Gasteiger partial charge in [-0.2, -0.15) is 0 Å². The van der Waals surface area contributed by atoms with Crippen molar-refractivity contribution in [3.05, 3.63) is 35.5 Å². The summed E-state index contributed by atoms with van der Waals surface area (Å²) in [5.74, 6) is 1.03. The largest absolute Gasteiger partial charge is 0.395 e. The Morgan fingerprint density at radius 1 is 1.29 bits per heavy atom. The fourth-order valence-corrected chi connectivity index (χ4v) is 5.88. The molecule has 0 saturated carbocycles. The number of carbonyl (C=O) groups is 1. The number of aliphatic hydroxyl groups excluding tert-OH is 1. The lowest BCUT2D eigenvalue weighted by Crippen LogP contribution is -2.55. The summed E-state index contributed by atoms with van der Waals surface area (Å²) in [6, 6.07) is 5.84. The molecule has 186 valence electrons. The Labute approximate surface area is 205 Å². The molecule has 0 radical (unpaired) electrons. The van der Waals surface area contributed by atoms with Crippen LogP contribution in [0.25, 0.3) is 0 Å². The second-order valence-electron chi connectivity index (χ2n) is 9.67. The highest BCUT2D eigenvalue weighted by molar-refractivity contribution is 7.86. The second kappa shape index (κ2) is 11.0. The number of nitrogens with one attached hydrogen (secondary N) is 3. The first-order chi connectivity index (χ1) is 16.3. The van der Waals surface area contributed by atoms with E-state index in [4.69, 9.17) is 9.36 Å². The fraction of sp³-hybridized carbons (Fsp3) is 0.600. The summed E-state index contributed by atoms with van der Waals surface area (Å²) in [6.45, 7) is 6.89. The van der Waals surface area contributed by atoms with Crippen molar-refractivity contribution < 1.29 is 9.90 Å². The fourth-order valence-electron chi connectivity index (χ4n) is 5.06. The number of hydrogen-bond acceptors (Lipinski definition) is 7. The Morgan fingerprint density at radius 3 is 2.94 bits per heavy atom. The van der Waals surface area contributed by atoms with Gasteiger partial charge in [0.2, 0.25) is 0 Å². The van der Waals surface area contributed by atoms with Gasteiger partial charge in [0.05, 0.1) is 23.5 Å². The molecule has 34 heavy (non-hydrogen) atoms. The highest BCUT2D eigenvalue weighted by Crippen LogP contribution is 2.32. The van der Waals surface area contributed by atoms with Gasteiger partial charge in [0.25, 0.3) is 5.91 Å². The van der Waals surface area contributed by atoms with Gasteiger partial charge in [-0.05, 0) is 82.5 Å². The van der Waals surface area contributed by atoms with Crippen LogP contribution < -0.4 is 20.9 Å². The average Bonchev–Trinajstić information content (AvgIpc) is 2.78. The molecule has 0 spiro atoms. The summed E-state index contributed by atoms with van der Waals surface area (Å²) in [6.07, 6.45) is 9.73. The third-order valence-corrected chi connectivity index (χ3v) is 7.92. The zero-order valence-electron chi connectivity index (χ0n) is 20.6. The maximum absolute atomic E-state index is 13.5. The molecule has 1 fully saturated rings. The first-order valence-corrected chi connectivity index (χ1v) is 14.1. The third kappa shape index (κ3) is 6.25. The molecule has 3 atom stereocenters. The molecule has 1 saturated heterocycles. The van der Waals surface area contributed by atoms with Crippen LogP contribution in [0.5, 0.6) is 0 Å². The van der Waals surface area contributed by atoms with Crippen LogP contribution in [0.2, 0.25) is 0 Å². The standard InChI is InChI=1S/C25H38N6O2S/c1-18-15-23-27-24(33)21-10-9-20(30-34(3)14-13-32)16-22(21)31-12-6-8-19(17-31)7-4-5-11-26-25(2,28-18)29-23/h9-10,15-16,19,26,28,32H,4-8,11-14,17H2,1-3H3,(H,27,29,33). The summed E-state index contributed by atoms with van der Waals surface area (Å²) in [4.78, 5) is 20.6. The van der Waals surface area contributed by atoms with Crippen LogP contribution in [-0.4, -0.2) is 60.9 Å². The first kappa shape index (κ1) is 24.9. The van der Waals surface area contributed by atoms with Crippen molar-refractivity contribution in [2.24, 2.45) is 15.3 Å². The van der Waals surface area contributed by atoms with Crippen molar-refractivity contribution in [1.82, 2.24) is 16.0 Å². The topological polar surface area (TPSA) is 101 Å². The number of anilines is 1. The van der Waals surface area contributed by atoms with Gasteiger partial charge in [0, 0.05) is 24.5 Å². The molecular weight excluding hydrogens is 448 g/mol. The lowest BCUT2D eigenvalue weighted by atomic mass is 9.92. The molecule has 3 aliphatic heterocycles. The molecular formula is C25H38N6O2S. The second-order valence-corrected chi connectivity index (χ2v) is 11.5. The number of fused-ring (bicyclic) bond motifs is 5. The maximum atomic E-state index is 13.5. The molecule has 9 heteroatoms. The van der Waals surface area contributed by atoms with Gasteiger partial charge in [0.1, 0.15) is 5.84 Å². The van der Waals surface area contributed by atoms with Gasteiger partial charge >= 0.3 is 0 Å². The summed E-state index contributed by atoms with van der Waals surface area (Å²) < 4.78 is 4.79. The number of aliphatic hydroxyl groups is 1. The molecule has 8 nitrogen and oxygen atoms in total. The minimum atomic E-state index is -0.643. The molecule has 0 aromatic heterocycles. The summed E-state index contributed by atoms with van der Waals surface area (Å²) in [5.41, 5.74) is 3.40. The number of benzene rings is 1. The van der Waals surface area contributed by atoms with Gasteiger partial charge in [-0.15, -0.1) is 0 Å². The number of piperidine rings is 1. The molecule has 1 aromatic carbocycles. The number of rotatable bonds is 3.